The van der Waals surface area contributed by atoms with Gasteiger partial charge in [0.15, 0.2) is 5.65 Å². The van der Waals surface area contributed by atoms with Gasteiger partial charge >= 0.3 is 0 Å². The van der Waals surface area contributed by atoms with Gasteiger partial charge in [0, 0.05) is 23.2 Å². The number of aryl methyl sites for hydroxylation is 2. The Morgan fingerprint density at radius 2 is 1.97 bits per heavy atom. The minimum Gasteiger partial charge on any atom is -0.324 e. The third kappa shape index (κ3) is 3.55. The highest BCUT2D eigenvalue weighted by molar-refractivity contribution is 8.00. The van der Waals surface area contributed by atoms with Crippen LogP contribution in [0.3, 0.4) is 0 Å². The molecule has 2 amide bonds. The Hall–Kier alpha value is -3.65. The maximum absolute atomic E-state index is 13.3. The average Bonchev–Trinajstić information content (AvgIpc) is 3.07. The zero-order chi connectivity index (χ0) is 21.5. The van der Waals surface area contributed by atoms with Gasteiger partial charge in [0.2, 0.25) is 5.91 Å². The van der Waals surface area contributed by atoms with Crippen LogP contribution >= 0.6 is 11.8 Å². The zero-order valence-electron chi connectivity index (χ0n) is 17.0. The van der Waals surface area contributed by atoms with Crippen LogP contribution in [0.2, 0.25) is 0 Å². The molecule has 5 rings (SSSR count). The van der Waals surface area contributed by atoms with Crippen molar-refractivity contribution in [1.29, 1.82) is 0 Å². The molecule has 4 aromatic rings. The Labute approximate surface area is 182 Å². The summed E-state index contributed by atoms with van der Waals surface area (Å²) >= 11 is 1.48. The predicted molar refractivity (Wildman–Crippen MR) is 122 cm³/mol. The molecule has 154 valence electrons. The average molecular weight is 430 g/mol. The minimum absolute atomic E-state index is 0.0460. The molecular formula is C23H19N5O2S. The van der Waals surface area contributed by atoms with Gasteiger partial charge in [-0.15, -0.1) is 11.8 Å². The van der Waals surface area contributed by atoms with Crippen LogP contribution < -0.4 is 10.6 Å². The molecule has 1 aliphatic rings. The van der Waals surface area contributed by atoms with Gasteiger partial charge in [0.05, 0.1) is 33.8 Å². The van der Waals surface area contributed by atoms with Crippen molar-refractivity contribution in [2.24, 2.45) is 7.05 Å². The molecule has 0 fully saturated rings. The third-order valence-electron chi connectivity index (χ3n) is 5.15. The van der Waals surface area contributed by atoms with Crippen molar-refractivity contribution in [3.05, 3.63) is 65.9 Å². The minimum atomic E-state index is -0.254. The standard InChI is InChI=1S/C23H19N5O2S/c1-13-21-16(11-17(14-6-4-3-5-7-14)26-22(21)28(2)27-13)23(30)24-15-8-9-19-18(10-15)25-20(29)12-31-19/h3-11H,12H2,1-2H3,(H,24,30)(H,25,29). The number of aromatic nitrogens is 3. The lowest BCUT2D eigenvalue weighted by Gasteiger charge is -2.17. The molecule has 2 aromatic carbocycles. The van der Waals surface area contributed by atoms with Crippen molar-refractivity contribution in [2.45, 2.75) is 11.8 Å². The smallest absolute Gasteiger partial charge is 0.256 e. The molecule has 8 heteroatoms. The molecule has 3 heterocycles. The van der Waals surface area contributed by atoms with Crippen molar-refractivity contribution >= 4 is 46.0 Å². The summed E-state index contributed by atoms with van der Waals surface area (Å²) in [6.45, 7) is 1.87. The van der Waals surface area contributed by atoms with E-state index in [-0.39, 0.29) is 11.8 Å². The SMILES string of the molecule is Cc1nn(C)c2nc(-c3ccccc3)cc(C(=O)Nc3ccc4c(c3)NC(=O)CS4)c12. The molecule has 31 heavy (non-hydrogen) atoms. The van der Waals surface area contributed by atoms with Gasteiger partial charge in [-0.05, 0) is 31.2 Å². The van der Waals surface area contributed by atoms with E-state index in [4.69, 9.17) is 4.98 Å². The summed E-state index contributed by atoms with van der Waals surface area (Å²) in [7, 11) is 1.82. The van der Waals surface area contributed by atoms with Crippen LogP contribution in [0.5, 0.6) is 0 Å². The molecule has 0 aliphatic carbocycles. The molecule has 2 N–H and O–H groups in total. The summed E-state index contributed by atoms with van der Waals surface area (Å²) in [5, 5.41) is 11.0. The lowest BCUT2D eigenvalue weighted by molar-refractivity contribution is -0.113. The number of rotatable bonds is 3. The highest BCUT2D eigenvalue weighted by atomic mass is 32.2. The number of hydrogen-bond acceptors (Lipinski definition) is 5. The fourth-order valence-corrected chi connectivity index (χ4v) is 4.53. The molecule has 0 bridgehead atoms. The normalized spacial score (nSPS) is 13.0. The van der Waals surface area contributed by atoms with Gasteiger partial charge in [0.1, 0.15) is 0 Å². The Morgan fingerprint density at radius 1 is 1.16 bits per heavy atom. The number of amides is 2. The van der Waals surface area contributed by atoms with Crippen LogP contribution in [-0.4, -0.2) is 32.3 Å². The van der Waals surface area contributed by atoms with Crippen LogP contribution in [0.25, 0.3) is 22.3 Å². The Bertz CT molecular complexity index is 1350. The summed E-state index contributed by atoms with van der Waals surface area (Å²) in [5.74, 6) is 0.0988. The third-order valence-corrected chi connectivity index (χ3v) is 6.23. The predicted octanol–water partition coefficient (Wildman–Crippen LogP) is 4.24. The first kappa shape index (κ1) is 19.3. The number of thioether (sulfide) groups is 1. The molecule has 0 radical (unpaired) electrons. The van der Waals surface area contributed by atoms with Gasteiger partial charge < -0.3 is 10.6 Å². The number of hydrogen-bond donors (Lipinski definition) is 2. The second-order valence-electron chi connectivity index (χ2n) is 7.33. The van der Waals surface area contributed by atoms with Gasteiger partial charge in [-0.3, -0.25) is 14.3 Å². The van der Waals surface area contributed by atoms with E-state index < -0.39 is 0 Å². The molecule has 0 spiro atoms. The number of nitrogens with zero attached hydrogens (tertiary/aromatic N) is 3. The van der Waals surface area contributed by atoms with E-state index in [0.717, 1.165) is 21.5 Å². The Kier molecular flexibility index (Phi) is 4.71. The van der Waals surface area contributed by atoms with Crippen LogP contribution in [0.4, 0.5) is 11.4 Å². The zero-order valence-corrected chi connectivity index (χ0v) is 17.8. The largest absolute Gasteiger partial charge is 0.324 e. The van der Waals surface area contributed by atoms with E-state index in [1.54, 1.807) is 16.8 Å². The number of anilines is 2. The molecule has 0 saturated carbocycles. The number of carbonyl (C=O) groups is 2. The van der Waals surface area contributed by atoms with Gasteiger partial charge in [-0.2, -0.15) is 5.10 Å². The van der Waals surface area contributed by atoms with Crippen LogP contribution in [-0.2, 0) is 11.8 Å². The summed E-state index contributed by atoms with van der Waals surface area (Å²) in [5.41, 5.74) is 4.84. The lowest BCUT2D eigenvalue weighted by atomic mass is 10.0. The van der Waals surface area contributed by atoms with Gasteiger partial charge in [-0.25, -0.2) is 4.98 Å². The number of nitrogens with one attached hydrogen (secondary N) is 2. The Balaban J connectivity index is 1.57. The van der Waals surface area contributed by atoms with Crippen molar-refractivity contribution in [2.75, 3.05) is 16.4 Å². The van der Waals surface area contributed by atoms with E-state index in [1.165, 1.54) is 11.8 Å². The molecule has 7 nitrogen and oxygen atoms in total. The molecular weight excluding hydrogens is 410 g/mol. The Morgan fingerprint density at radius 3 is 2.77 bits per heavy atom. The maximum Gasteiger partial charge on any atom is 0.256 e. The van der Waals surface area contributed by atoms with Gasteiger partial charge in [-0.1, -0.05) is 30.3 Å². The van der Waals surface area contributed by atoms with Crippen molar-refractivity contribution in [3.8, 4) is 11.3 Å². The van der Waals surface area contributed by atoms with Crippen LogP contribution in [0, 0.1) is 6.92 Å². The highest BCUT2D eigenvalue weighted by Gasteiger charge is 2.21. The summed E-state index contributed by atoms with van der Waals surface area (Å²) in [6, 6.07) is 17.1. The van der Waals surface area contributed by atoms with E-state index >= 15 is 0 Å². The van der Waals surface area contributed by atoms with E-state index in [1.807, 2.05) is 56.4 Å². The fourth-order valence-electron chi connectivity index (χ4n) is 3.74. The first-order chi connectivity index (χ1) is 15.0. The molecule has 1 aliphatic heterocycles. The second kappa shape index (κ2) is 7.55. The van der Waals surface area contributed by atoms with Crippen molar-refractivity contribution < 1.29 is 9.59 Å². The summed E-state index contributed by atoms with van der Waals surface area (Å²) in [4.78, 5) is 30.8. The second-order valence-corrected chi connectivity index (χ2v) is 8.35. The summed E-state index contributed by atoms with van der Waals surface area (Å²) in [6.07, 6.45) is 0. The number of benzene rings is 2. The van der Waals surface area contributed by atoms with E-state index in [9.17, 15) is 9.59 Å². The van der Waals surface area contributed by atoms with Gasteiger partial charge in [0.25, 0.3) is 5.91 Å². The maximum atomic E-state index is 13.3. The van der Waals surface area contributed by atoms with Crippen LogP contribution in [0.1, 0.15) is 16.1 Å². The highest BCUT2D eigenvalue weighted by Crippen LogP contribution is 2.34. The summed E-state index contributed by atoms with van der Waals surface area (Å²) < 4.78 is 1.69. The lowest BCUT2D eigenvalue weighted by Crippen LogP contribution is -2.19. The van der Waals surface area contributed by atoms with E-state index in [2.05, 4.69) is 15.7 Å². The number of fused-ring (bicyclic) bond motifs is 2. The number of carbonyl (C=O) groups excluding carboxylic acids is 2. The first-order valence-electron chi connectivity index (χ1n) is 9.77. The van der Waals surface area contributed by atoms with Crippen molar-refractivity contribution in [3.63, 3.8) is 0 Å². The van der Waals surface area contributed by atoms with Crippen molar-refractivity contribution in [1.82, 2.24) is 14.8 Å². The number of pyridine rings is 1. The topological polar surface area (TPSA) is 88.9 Å². The van der Waals surface area contributed by atoms with E-state index in [0.29, 0.717) is 34.0 Å². The van der Waals surface area contributed by atoms with Crippen LogP contribution in [0.15, 0.2) is 59.5 Å². The molecule has 0 saturated heterocycles. The monoisotopic (exact) mass is 429 g/mol. The molecule has 0 unspecified atom stereocenters. The first-order valence-corrected chi connectivity index (χ1v) is 10.8. The molecule has 2 aromatic heterocycles. The molecule has 0 atom stereocenters. The quantitative estimate of drug-likeness (QED) is 0.509. The fraction of sp³-hybridized carbons (Fsp3) is 0.130.